The maximum atomic E-state index is 19.4. The normalized spacial score (nSPS) is 15.4. The number of nitrogens with zero attached hydrogens (tertiary/aromatic N) is 2. The maximum absolute atomic E-state index is 19.4. The second-order valence-corrected chi connectivity index (χ2v) is 43.2. The van der Waals surface area contributed by atoms with E-state index in [0.29, 0.717) is 34.9 Å². The Balaban J connectivity index is 0.760. The van der Waals surface area contributed by atoms with Crippen LogP contribution in [0, 0.1) is 46.4 Å². The molecule has 2 aliphatic carbocycles. The summed E-state index contributed by atoms with van der Waals surface area (Å²) in [6.45, 7) is 26.6. The molecule has 598 valence electrons. The summed E-state index contributed by atoms with van der Waals surface area (Å²) in [7, 11) is -5.82. The van der Waals surface area contributed by atoms with Crippen molar-refractivity contribution < 1.29 is 17.6 Å². The average molecular weight is 1620 g/mol. The van der Waals surface area contributed by atoms with E-state index < -0.39 is 21.7 Å². The predicted molar refractivity (Wildman–Crippen MR) is 519 cm³/mol. The molecule has 122 heavy (non-hydrogen) atoms. The van der Waals surface area contributed by atoms with Crippen LogP contribution >= 0.6 is 0 Å². The maximum Gasteiger partial charge on any atom is 0.179 e. The molecule has 2 unspecified atom stereocenters. The van der Waals surface area contributed by atoms with Gasteiger partial charge < -0.3 is 18.6 Å². The highest BCUT2D eigenvalue weighted by molar-refractivity contribution is 7.20. The van der Waals surface area contributed by atoms with E-state index in [4.69, 9.17) is 8.83 Å². The van der Waals surface area contributed by atoms with Gasteiger partial charge >= 0.3 is 0 Å². The predicted octanol–water partition coefficient (Wildman–Crippen LogP) is 27.0. The van der Waals surface area contributed by atoms with Gasteiger partial charge in [-0.3, -0.25) is 0 Å². The van der Waals surface area contributed by atoms with Crippen molar-refractivity contribution >= 4 is 163 Å². The molecule has 0 amide bonds. The summed E-state index contributed by atoms with van der Waals surface area (Å²) >= 11 is 0. The van der Waals surface area contributed by atoms with Crippen LogP contribution in [0.5, 0.6) is 0 Å². The number of anilines is 5. The molecule has 0 saturated carbocycles. The molecule has 0 aliphatic heterocycles. The second kappa shape index (κ2) is 30.3. The number of fused-ring (bicyclic) bond motifs is 6. The van der Waals surface area contributed by atoms with E-state index in [1.165, 1.54) is 74.9 Å². The Bertz CT molecular complexity index is 7130. The third-order valence-corrected chi connectivity index (χ3v) is 36.9. The van der Waals surface area contributed by atoms with Crippen molar-refractivity contribution in [2.75, 3.05) is 9.80 Å². The molecule has 0 bridgehead atoms. The van der Waals surface area contributed by atoms with Gasteiger partial charge in [0.05, 0.1) is 34.0 Å². The van der Waals surface area contributed by atoms with E-state index in [0.717, 1.165) is 122 Å². The number of allylic oxidation sites excluding steroid dienone is 6. The fourth-order valence-electron chi connectivity index (χ4n) is 20.6. The first-order chi connectivity index (χ1) is 59.2. The summed E-state index contributed by atoms with van der Waals surface area (Å²) < 4.78 is 52.6. The lowest BCUT2D eigenvalue weighted by Crippen LogP contribution is -2.74. The van der Waals surface area contributed by atoms with Crippen LogP contribution < -0.4 is 46.1 Å². The number of aryl methyl sites for hydroxylation is 5. The molecule has 18 aromatic rings. The summed E-state index contributed by atoms with van der Waals surface area (Å²) in [5.74, 6) is -0.303. The molecular formula is C114H98F2N2O2Si2. The second-order valence-electron chi connectivity index (χ2n) is 35.5. The van der Waals surface area contributed by atoms with Crippen LogP contribution in [0.4, 0.5) is 37.2 Å². The first-order valence-corrected chi connectivity index (χ1v) is 47.2. The van der Waals surface area contributed by atoms with E-state index in [9.17, 15) is 0 Å². The number of hydrogen-bond donors (Lipinski definition) is 0. The molecule has 2 atom stereocenters. The molecule has 2 aliphatic rings. The first kappa shape index (κ1) is 77.6. The Morgan fingerprint density at radius 2 is 0.770 bits per heavy atom. The van der Waals surface area contributed by atoms with Crippen LogP contribution in [0.1, 0.15) is 118 Å². The summed E-state index contributed by atoms with van der Waals surface area (Å²) in [6, 6.07) is 113. The van der Waals surface area contributed by atoms with Crippen molar-refractivity contribution in [3.63, 3.8) is 0 Å². The van der Waals surface area contributed by atoms with Gasteiger partial charge in [-0.25, -0.2) is 8.78 Å². The lowest BCUT2D eigenvalue weighted by molar-refractivity contribution is 0.419. The van der Waals surface area contributed by atoms with E-state index in [1.807, 2.05) is 36.4 Å². The van der Waals surface area contributed by atoms with Crippen molar-refractivity contribution in [2.45, 2.75) is 113 Å². The zero-order chi connectivity index (χ0) is 83.8. The van der Waals surface area contributed by atoms with E-state index in [-0.39, 0.29) is 23.5 Å². The third-order valence-electron chi connectivity index (χ3n) is 27.0. The SMILES string of the molecule is CC1=CC=C([Si](c2ccc(C)cc2)(c2ccc(C)cc2)c2ccc(C3=CCC(C)(N(c4cc(C(C)C)c5ccc6c(N(c7ccc(-c8ccc([Si](c9ccc(C)cc9)(c9ccc(C)cc9)c9ccc(C)cc9)cc8)cc7F)c7cccc8c7oc7ccccc78)cc(C(C)C)c7ccc4c5c76)c4cccc5c4oc4ccccc45)C(F)=C3)cc2)C(C)C1. The standard InChI is InChI=1S/C114H98F2N2O2Si2/c1-70(2)98-68-104(117(102-23-17-21-94-90-19-13-15-25-106(90)119-112(94)102)101-61-42-81(66-100(101)115)79-38-53-86(54-39-79)121(83-43-27-72(5)28-44-83,84-45-29-73(6)30-46-84)85-47-31-74(7)32-48-85)96-59-57-93-99(71(3)4)69-105(97-60-58-92(98)110(96)111(93)97)118(103-24-18-22-95-91-20-14-16-26-107(91)120-113(95)103)114(12)64-63-82(67-109(114)116)80-40-55-89(56-41-80)122(87-49-33-75(8)34-50-87,88-51-35-76(9)36-52-88)108-62-37-77(10)65-78(108)11/h13-63,66-71,78H,64-65H2,1-12H3. The molecule has 0 spiro atoms. The summed E-state index contributed by atoms with van der Waals surface area (Å²) in [4.78, 5) is 4.39. The molecule has 0 saturated heterocycles. The average Bonchev–Trinajstić information content (AvgIpc) is 0.870. The van der Waals surface area contributed by atoms with Crippen LogP contribution in [0.2, 0.25) is 0 Å². The van der Waals surface area contributed by atoms with Crippen LogP contribution in [0.25, 0.3) is 92.9 Å². The van der Waals surface area contributed by atoms with Crippen molar-refractivity contribution in [1.29, 1.82) is 0 Å². The Morgan fingerprint density at radius 1 is 0.369 bits per heavy atom. The molecule has 2 heterocycles. The lowest BCUT2D eigenvalue weighted by Gasteiger charge is -2.44. The highest BCUT2D eigenvalue weighted by Crippen LogP contribution is 2.55. The molecule has 2 aromatic heterocycles. The molecule has 0 fully saturated rings. The van der Waals surface area contributed by atoms with Gasteiger partial charge in [-0.1, -0.05) is 352 Å². The quantitative estimate of drug-likeness (QED) is 0.0487. The minimum absolute atomic E-state index is 0.0108. The summed E-state index contributed by atoms with van der Waals surface area (Å²) in [6.07, 6.45) is 10.2. The van der Waals surface area contributed by atoms with Gasteiger partial charge in [0.1, 0.15) is 22.8 Å². The number of furan rings is 2. The van der Waals surface area contributed by atoms with E-state index in [1.54, 1.807) is 12.1 Å². The lowest BCUT2D eigenvalue weighted by atomic mass is 9.81. The highest BCUT2D eigenvalue weighted by Gasteiger charge is 2.47. The number of benzene rings is 16. The summed E-state index contributed by atoms with van der Waals surface area (Å²) in [5.41, 5.74) is 18.2. The van der Waals surface area contributed by atoms with Crippen molar-refractivity contribution in [3.8, 4) is 11.1 Å². The molecule has 0 radical (unpaired) electrons. The molecule has 0 N–H and O–H groups in total. The van der Waals surface area contributed by atoms with Crippen molar-refractivity contribution in [2.24, 2.45) is 5.92 Å². The van der Waals surface area contributed by atoms with Gasteiger partial charge in [-0.15, -0.1) is 0 Å². The zero-order valence-corrected chi connectivity index (χ0v) is 73.4. The van der Waals surface area contributed by atoms with Crippen molar-refractivity contribution in [3.05, 3.63) is 401 Å². The van der Waals surface area contributed by atoms with Crippen LogP contribution in [-0.4, -0.2) is 21.7 Å². The Labute approximate surface area is 716 Å². The molecule has 20 rings (SSSR count). The number of halogens is 2. The number of para-hydroxylation sites is 4. The molecule has 8 heteroatoms. The van der Waals surface area contributed by atoms with E-state index in [2.05, 4.69) is 378 Å². The smallest absolute Gasteiger partial charge is 0.179 e. The third kappa shape index (κ3) is 12.6. The van der Waals surface area contributed by atoms with Gasteiger partial charge in [-0.2, -0.15) is 0 Å². The minimum atomic E-state index is -2.92. The molecule has 16 aromatic carbocycles. The Hall–Kier alpha value is -13.0. The fourth-order valence-corrected chi connectivity index (χ4v) is 30.5. The Morgan fingerprint density at radius 3 is 1.23 bits per heavy atom. The largest absolute Gasteiger partial charge is 0.454 e. The van der Waals surface area contributed by atoms with Crippen LogP contribution in [0.3, 0.4) is 0 Å². The molecule has 4 nitrogen and oxygen atoms in total. The van der Waals surface area contributed by atoms with Crippen LogP contribution in [0.15, 0.2) is 359 Å². The van der Waals surface area contributed by atoms with E-state index >= 15 is 8.78 Å². The van der Waals surface area contributed by atoms with Gasteiger partial charge in [0.2, 0.25) is 0 Å². The molecular weight excluding hydrogens is 1520 g/mol. The first-order valence-electron chi connectivity index (χ1n) is 43.2. The summed E-state index contributed by atoms with van der Waals surface area (Å²) in [5, 5.41) is 20.6. The Kier molecular flexibility index (Phi) is 19.3. The van der Waals surface area contributed by atoms with Gasteiger partial charge in [0.15, 0.2) is 27.3 Å². The monoisotopic (exact) mass is 1620 g/mol. The minimum Gasteiger partial charge on any atom is -0.454 e. The topological polar surface area (TPSA) is 32.8 Å². The number of rotatable bonds is 18. The fraction of sp³-hybridized carbons (Fsp3) is 0.158. The number of hydrogen-bond acceptors (Lipinski definition) is 4. The van der Waals surface area contributed by atoms with Crippen LogP contribution in [-0.2, 0) is 0 Å². The van der Waals surface area contributed by atoms with Crippen molar-refractivity contribution in [1.82, 2.24) is 0 Å². The van der Waals surface area contributed by atoms with Gasteiger partial charge in [-0.05, 0) is 225 Å². The van der Waals surface area contributed by atoms with Gasteiger partial charge in [0.25, 0.3) is 0 Å². The zero-order valence-electron chi connectivity index (χ0n) is 71.4. The van der Waals surface area contributed by atoms with Gasteiger partial charge in [0, 0.05) is 32.3 Å². The highest BCUT2D eigenvalue weighted by atomic mass is 28.3.